The lowest BCUT2D eigenvalue weighted by Gasteiger charge is -2.40. The Morgan fingerprint density at radius 1 is 1.35 bits per heavy atom. The summed E-state index contributed by atoms with van der Waals surface area (Å²) in [5.41, 5.74) is 4.19. The van der Waals surface area contributed by atoms with Gasteiger partial charge in [-0.1, -0.05) is 12.1 Å². The Labute approximate surface area is 141 Å². The number of hydrogen-bond donors (Lipinski definition) is 0. The lowest BCUT2D eigenvalue weighted by atomic mass is 9.92. The summed E-state index contributed by atoms with van der Waals surface area (Å²) in [4.78, 5) is 8.19. The van der Waals surface area contributed by atoms with E-state index in [0.717, 1.165) is 43.6 Å². The number of aryl methyl sites for hydroxylation is 1. The molecule has 1 fully saturated rings. The Morgan fingerprint density at radius 3 is 2.78 bits per heavy atom. The number of thiazole rings is 1. The Hall–Kier alpha value is -1.30. The Morgan fingerprint density at radius 2 is 2.13 bits per heavy atom. The van der Waals surface area contributed by atoms with E-state index in [4.69, 9.17) is 4.74 Å². The van der Waals surface area contributed by atoms with Crippen LogP contribution in [0.2, 0.25) is 0 Å². The summed E-state index contributed by atoms with van der Waals surface area (Å²) in [5.74, 6) is -0.183. The van der Waals surface area contributed by atoms with Crippen molar-refractivity contribution in [2.45, 2.75) is 44.9 Å². The third kappa shape index (κ3) is 3.97. The van der Waals surface area contributed by atoms with Gasteiger partial charge in [-0.15, -0.1) is 11.3 Å². The van der Waals surface area contributed by atoms with Crippen LogP contribution in [0.1, 0.15) is 29.0 Å². The molecule has 124 valence electrons. The number of methoxy groups -OCH3 is 1. The Bertz CT molecular complexity index is 628. The van der Waals surface area contributed by atoms with Crippen molar-refractivity contribution >= 4 is 11.3 Å². The van der Waals surface area contributed by atoms with E-state index in [1.165, 1.54) is 17.0 Å². The predicted molar refractivity (Wildman–Crippen MR) is 91.2 cm³/mol. The van der Waals surface area contributed by atoms with Crippen LogP contribution >= 0.6 is 11.3 Å². The molecule has 0 saturated carbocycles. The summed E-state index contributed by atoms with van der Waals surface area (Å²) < 4.78 is 18.9. The number of piperidine rings is 1. The summed E-state index contributed by atoms with van der Waals surface area (Å²) in [7, 11) is 1.80. The normalized spacial score (nSPS) is 22.4. The first-order valence-corrected chi connectivity index (χ1v) is 8.95. The number of ether oxygens (including phenoxy) is 1. The van der Waals surface area contributed by atoms with Gasteiger partial charge in [-0.05, 0) is 50.4 Å². The number of aromatic nitrogens is 1. The molecule has 0 amide bonds. The minimum absolute atomic E-state index is 0.183. The quantitative estimate of drug-likeness (QED) is 0.831. The molecule has 2 atom stereocenters. The number of halogens is 1. The van der Waals surface area contributed by atoms with Crippen molar-refractivity contribution in [3.8, 4) is 0 Å². The molecule has 23 heavy (non-hydrogen) atoms. The Balaban J connectivity index is 1.78. The van der Waals surface area contributed by atoms with Crippen LogP contribution in [0.5, 0.6) is 0 Å². The van der Waals surface area contributed by atoms with Crippen LogP contribution < -0.4 is 0 Å². The van der Waals surface area contributed by atoms with Gasteiger partial charge in [-0.2, -0.15) is 0 Å². The van der Waals surface area contributed by atoms with Gasteiger partial charge < -0.3 is 4.74 Å². The van der Waals surface area contributed by atoms with Crippen molar-refractivity contribution in [3.63, 3.8) is 0 Å². The van der Waals surface area contributed by atoms with E-state index < -0.39 is 0 Å². The second-order valence-corrected chi connectivity index (χ2v) is 7.09. The van der Waals surface area contributed by atoms with Gasteiger partial charge >= 0.3 is 0 Å². The third-order valence-electron chi connectivity index (χ3n) is 4.68. The molecule has 0 spiro atoms. The predicted octanol–water partition coefficient (Wildman–Crippen LogP) is 3.81. The van der Waals surface area contributed by atoms with Crippen LogP contribution in [0.25, 0.3) is 0 Å². The SMILES string of the molecule is CO[C@H]1CCCN(Cc2scnc2C)[C@H]1Cc1ccc(F)cc1. The summed E-state index contributed by atoms with van der Waals surface area (Å²) >= 11 is 1.72. The molecule has 2 aromatic rings. The Kier molecular flexibility index (Phi) is 5.41. The minimum Gasteiger partial charge on any atom is -0.380 e. The molecule has 0 aliphatic carbocycles. The van der Waals surface area contributed by atoms with Gasteiger partial charge in [0.15, 0.2) is 0 Å². The molecule has 1 saturated heterocycles. The van der Waals surface area contributed by atoms with E-state index in [9.17, 15) is 4.39 Å². The number of hydrogen-bond acceptors (Lipinski definition) is 4. The van der Waals surface area contributed by atoms with E-state index in [-0.39, 0.29) is 11.9 Å². The van der Waals surface area contributed by atoms with Crippen molar-refractivity contribution in [2.75, 3.05) is 13.7 Å². The van der Waals surface area contributed by atoms with Crippen molar-refractivity contribution in [3.05, 3.63) is 51.7 Å². The fraction of sp³-hybridized carbons (Fsp3) is 0.500. The average Bonchev–Trinajstić information content (AvgIpc) is 2.96. The highest BCUT2D eigenvalue weighted by atomic mass is 32.1. The molecule has 1 aliphatic heterocycles. The lowest BCUT2D eigenvalue weighted by Crippen LogP contribution is -2.49. The van der Waals surface area contributed by atoms with Crippen molar-refractivity contribution in [1.29, 1.82) is 0 Å². The van der Waals surface area contributed by atoms with Gasteiger partial charge in [-0.3, -0.25) is 4.90 Å². The number of benzene rings is 1. The molecule has 0 N–H and O–H groups in total. The number of nitrogens with zero attached hydrogens (tertiary/aromatic N) is 2. The molecule has 0 bridgehead atoms. The molecule has 1 aromatic carbocycles. The maximum absolute atomic E-state index is 13.1. The zero-order valence-corrected chi connectivity index (χ0v) is 14.5. The lowest BCUT2D eigenvalue weighted by molar-refractivity contribution is -0.0215. The largest absolute Gasteiger partial charge is 0.380 e. The van der Waals surface area contributed by atoms with Gasteiger partial charge in [0, 0.05) is 24.6 Å². The number of likely N-dealkylation sites (tertiary alicyclic amines) is 1. The first-order chi connectivity index (χ1) is 11.2. The fourth-order valence-corrected chi connectivity index (χ4v) is 4.15. The number of rotatable bonds is 5. The highest BCUT2D eigenvalue weighted by Gasteiger charge is 2.32. The highest BCUT2D eigenvalue weighted by Crippen LogP contribution is 2.27. The second kappa shape index (κ2) is 7.51. The third-order valence-corrected chi connectivity index (χ3v) is 5.60. The van der Waals surface area contributed by atoms with Gasteiger partial charge in [0.1, 0.15) is 5.82 Å². The van der Waals surface area contributed by atoms with E-state index in [1.54, 1.807) is 18.4 Å². The van der Waals surface area contributed by atoms with Gasteiger partial charge in [0.05, 0.1) is 17.3 Å². The summed E-state index contributed by atoms with van der Waals surface area (Å²) in [6.45, 7) is 4.06. The molecule has 2 heterocycles. The zero-order chi connectivity index (χ0) is 16.2. The average molecular weight is 334 g/mol. The monoisotopic (exact) mass is 334 g/mol. The first kappa shape index (κ1) is 16.6. The summed E-state index contributed by atoms with van der Waals surface area (Å²) in [6.07, 6.45) is 3.34. The van der Waals surface area contributed by atoms with Crippen molar-refractivity contribution < 1.29 is 9.13 Å². The van der Waals surface area contributed by atoms with Gasteiger partial charge in [0.25, 0.3) is 0 Å². The molecule has 0 unspecified atom stereocenters. The van der Waals surface area contributed by atoms with Crippen LogP contribution in [0.3, 0.4) is 0 Å². The smallest absolute Gasteiger partial charge is 0.123 e. The standard InChI is InChI=1S/C18H23FN2OS/c1-13-18(23-12-20-13)11-21-9-3-4-17(22-2)16(21)10-14-5-7-15(19)8-6-14/h5-8,12,16-17H,3-4,9-11H2,1-2H3/t16-,17-/m0/s1. The van der Waals surface area contributed by atoms with Crippen molar-refractivity contribution in [2.24, 2.45) is 0 Å². The van der Waals surface area contributed by atoms with Crippen LogP contribution in [-0.2, 0) is 17.7 Å². The maximum atomic E-state index is 13.1. The van der Waals surface area contributed by atoms with Crippen LogP contribution in [-0.4, -0.2) is 35.7 Å². The van der Waals surface area contributed by atoms with E-state index in [1.807, 2.05) is 17.6 Å². The second-order valence-electron chi connectivity index (χ2n) is 6.15. The first-order valence-electron chi connectivity index (χ1n) is 8.07. The molecule has 3 rings (SSSR count). The zero-order valence-electron chi connectivity index (χ0n) is 13.7. The molecule has 1 aliphatic rings. The summed E-state index contributed by atoms with van der Waals surface area (Å²) in [5, 5.41) is 0. The van der Waals surface area contributed by atoms with E-state index in [0.29, 0.717) is 6.04 Å². The van der Waals surface area contributed by atoms with Crippen LogP contribution in [0.4, 0.5) is 4.39 Å². The molecule has 1 aromatic heterocycles. The topological polar surface area (TPSA) is 25.4 Å². The van der Waals surface area contributed by atoms with Crippen molar-refractivity contribution in [1.82, 2.24) is 9.88 Å². The van der Waals surface area contributed by atoms with Crippen LogP contribution in [0.15, 0.2) is 29.8 Å². The molecule has 0 radical (unpaired) electrons. The molecule has 3 nitrogen and oxygen atoms in total. The molecular weight excluding hydrogens is 311 g/mol. The summed E-state index contributed by atoms with van der Waals surface area (Å²) in [6, 6.07) is 7.16. The molecular formula is C18H23FN2OS. The highest BCUT2D eigenvalue weighted by molar-refractivity contribution is 7.09. The van der Waals surface area contributed by atoms with Gasteiger partial charge in [-0.25, -0.2) is 9.37 Å². The maximum Gasteiger partial charge on any atom is 0.123 e. The van der Waals surface area contributed by atoms with Crippen LogP contribution in [0, 0.1) is 12.7 Å². The van der Waals surface area contributed by atoms with Gasteiger partial charge in [0.2, 0.25) is 0 Å². The molecule has 5 heteroatoms. The van der Waals surface area contributed by atoms with E-state index in [2.05, 4.69) is 16.8 Å². The minimum atomic E-state index is -0.183. The fourth-order valence-electron chi connectivity index (χ4n) is 3.35. The van der Waals surface area contributed by atoms with E-state index >= 15 is 0 Å².